The van der Waals surface area contributed by atoms with Crippen LogP contribution in [0.25, 0.3) is 0 Å². The molecule has 1 unspecified atom stereocenters. The van der Waals surface area contributed by atoms with Crippen LogP contribution in [0.4, 0.5) is 0 Å². The van der Waals surface area contributed by atoms with Crippen molar-refractivity contribution in [2.75, 3.05) is 6.54 Å². The first-order valence-electron chi connectivity index (χ1n) is 12.8. The number of nitrogens with zero attached hydrogens (tertiary/aromatic N) is 1. The minimum atomic E-state index is -0.978. The van der Waals surface area contributed by atoms with Crippen molar-refractivity contribution in [3.05, 3.63) is 65.2 Å². The summed E-state index contributed by atoms with van der Waals surface area (Å²) in [6.07, 6.45) is 1.75. The molecule has 0 fully saturated rings. The number of rotatable bonds is 14. The number of hydrogen-bond donors (Lipinski definition) is 6. The van der Waals surface area contributed by atoms with Gasteiger partial charge in [-0.05, 0) is 60.9 Å². The maximum absolute atomic E-state index is 13.3. The summed E-state index contributed by atoms with van der Waals surface area (Å²) in [6.45, 7) is 6.35. The van der Waals surface area contributed by atoms with Crippen molar-refractivity contribution in [1.29, 1.82) is 0 Å². The van der Waals surface area contributed by atoms with E-state index in [1.807, 2.05) is 24.3 Å². The average molecular weight is 525 g/mol. The number of aromatic hydroxyl groups is 1. The molecule has 10 heteroatoms. The summed E-state index contributed by atoms with van der Waals surface area (Å²) in [7, 11) is 0. The highest BCUT2D eigenvalue weighted by atomic mass is 16.3. The molecule has 206 valence electrons. The van der Waals surface area contributed by atoms with Gasteiger partial charge in [0.1, 0.15) is 17.8 Å². The highest BCUT2D eigenvalue weighted by molar-refractivity contribution is 5.93. The molecule has 0 aliphatic heterocycles. The zero-order valence-electron chi connectivity index (χ0n) is 22.3. The quantitative estimate of drug-likeness (QED) is 0.123. The molecule has 9 N–H and O–H groups in total. The Morgan fingerprint density at radius 3 is 1.92 bits per heavy atom. The lowest BCUT2D eigenvalue weighted by atomic mass is 9.95. The van der Waals surface area contributed by atoms with Gasteiger partial charge in [-0.3, -0.25) is 19.4 Å². The van der Waals surface area contributed by atoms with Crippen LogP contribution in [0.1, 0.15) is 56.2 Å². The minimum absolute atomic E-state index is 0.0648. The van der Waals surface area contributed by atoms with Gasteiger partial charge < -0.3 is 32.9 Å². The van der Waals surface area contributed by atoms with E-state index in [4.69, 9.17) is 17.2 Å². The summed E-state index contributed by atoms with van der Waals surface area (Å²) < 4.78 is 0. The summed E-state index contributed by atoms with van der Waals surface area (Å²) in [5.41, 5.74) is 18.9. The summed E-state index contributed by atoms with van der Waals surface area (Å²) >= 11 is 0. The van der Waals surface area contributed by atoms with Gasteiger partial charge in [-0.15, -0.1) is 0 Å². The summed E-state index contributed by atoms with van der Waals surface area (Å²) in [5, 5.41) is 15.1. The lowest BCUT2D eigenvalue weighted by Crippen LogP contribution is -2.54. The summed E-state index contributed by atoms with van der Waals surface area (Å²) in [6, 6.07) is 12.3. The number of aliphatic imine (C=N–C) groups is 1. The van der Waals surface area contributed by atoms with E-state index in [9.17, 15) is 19.5 Å². The van der Waals surface area contributed by atoms with E-state index in [0.29, 0.717) is 12.3 Å². The van der Waals surface area contributed by atoms with Crippen molar-refractivity contribution in [2.24, 2.45) is 28.1 Å². The smallest absolute Gasteiger partial charge is 0.243 e. The van der Waals surface area contributed by atoms with Gasteiger partial charge in [0.25, 0.3) is 0 Å². The Bertz CT molecular complexity index is 1100. The standard InChI is InChI=1S/C28H40N6O4/c1-17(2)15-19-6-10-21(11-7-19)18(3)26(37)34-24(16-20-8-12-22(35)13-9-20)27(38)33-23(25(29)36)5-4-14-32-28(30)31/h6-13,17-18,23-24,35H,4-5,14-16H2,1-3H3,(H2,29,36)(H,33,38)(H,34,37)(H4,30,31,32)/t18?,23-,24+/m1/s1. The highest BCUT2D eigenvalue weighted by Crippen LogP contribution is 2.19. The third-order valence-electron chi connectivity index (χ3n) is 6.13. The number of nitrogens with one attached hydrogen (secondary N) is 2. The molecular weight excluding hydrogens is 484 g/mol. The normalized spacial score (nSPS) is 13.3. The minimum Gasteiger partial charge on any atom is -0.508 e. The van der Waals surface area contributed by atoms with Crippen LogP contribution < -0.4 is 27.8 Å². The number of benzene rings is 2. The molecule has 0 aliphatic rings. The van der Waals surface area contributed by atoms with E-state index in [-0.39, 0.29) is 37.0 Å². The maximum Gasteiger partial charge on any atom is 0.243 e. The summed E-state index contributed by atoms with van der Waals surface area (Å²) in [5.74, 6) is -1.54. The third-order valence-corrected chi connectivity index (χ3v) is 6.13. The van der Waals surface area contributed by atoms with Crippen molar-refractivity contribution >= 4 is 23.7 Å². The molecule has 0 saturated carbocycles. The zero-order chi connectivity index (χ0) is 28.2. The van der Waals surface area contributed by atoms with E-state index in [2.05, 4.69) is 29.5 Å². The molecule has 0 aromatic heterocycles. The second-order valence-electron chi connectivity index (χ2n) is 9.91. The van der Waals surface area contributed by atoms with Gasteiger partial charge in [0.2, 0.25) is 17.7 Å². The monoisotopic (exact) mass is 524 g/mol. The van der Waals surface area contributed by atoms with Crippen LogP contribution in [0.2, 0.25) is 0 Å². The first kappa shape index (κ1) is 30.1. The second kappa shape index (κ2) is 14.6. The molecule has 0 aliphatic carbocycles. The number of guanidine groups is 1. The van der Waals surface area contributed by atoms with Crippen LogP contribution in [0.5, 0.6) is 5.75 Å². The van der Waals surface area contributed by atoms with Crippen molar-refractivity contribution in [1.82, 2.24) is 10.6 Å². The first-order valence-corrected chi connectivity index (χ1v) is 12.8. The lowest BCUT2D eigenvalue weighted by molar-refractivity contribution is -0.131. The molecule has 0 bridgehead atoms. The highest BCUT2D eigenvalue weighted by Gasteiger charge is 2.28. The van der Waals surface area contributed by atoms with Crippen molar-refractivity contribution in [2.45, 2.75) is 64.5 Å². The van der Waals surface area contributed by atoms with E-state index in [0.717, 1.165) is 17.5 Å². The van der Waals surface area contributed by atoms with Crippen molar-refractivity contribution in [3.8, 4) is 5.75 Å². The van der Waals surface area contributed by atoms with Crippen molar-refractivity contribution < 1.29 is 19.5 Å². The fourth-order valence-electron chi connectivity index (χ4n) is 4.00. The maximum atomic E-state index is 13.3. The topological polar surface area (TPSA) is 186 Å². The molecular formula is C28H40N6O4. The van der Waals surface area contributed by atoms with E-state index < -0.39 is 29.8 Å². The van der Waals surface area contributed by atoms with Gasteiger partial charge in [0, 0.05) is 13.0 Å². The van der Waals surface area contributed by atoms with Gasteiger partial charge in [-0.25, -0.2) is 0 Å². The molecule has 0 heterocycles. The summed E-state index contributed by atoms with van der Waals surface area (Å²) in [4.78, 5) is 42.3. The Kier molecular flexibility index (Phi) is 11.6. The Morgan fingerprint density at radius 2 is 1.37 bits per heavy atom. The molecule has 0 radical (unpaired) electrons. The molecule has 3 atom stereocenters. The number of hydrogen-bond acceptors (Lipinski definition) is 5. The fourth-order valence-corrected chi connectivity index (χ4v) is 4.00. The number of phenols is 1. The number of nitrogens with two attached hydrogens (primary N) is 3. The third kappa shape index (κ3) is 10.1. The number of carbonyl (C=O) groups is 3. The number of phenolic OH excluding ortho intramolecular Hbond substituents is 1. The van der Waals surface area contributed by atoms with Crippen LogP contribution in [0.3, 0.4) is 0 Å². The van der Waals surface area contributed by atoms with Gasteiger partial charge in [0.15, 0.2) is 5.96 Å². The van der Waals surface area contributed by atoms with Crippen LogP contribution in [0, 0.1) is 5.92 Å². The van der Waals surface area contributed by atoms with Gasteiger partial charge in [0.05, 0.1) is 5.92 Å². The van der Waals surface area contributed by atoms with Crippen LogP contribution >= 0.6 is 0 Å². The Labute approximate surface area is 224 Å². The molecule has 0 saturated heterocycles. The van der Waals surface area contributed by atoms with Crippen LogP contribution in [-0.2, 0) is 27.2 Å². The van der Waals surface area contributed by atoms with E-state index >= 15 is 0 Å². The molecule has 0 spiro atoms. The van der Waals surface area contributed by atoms with Crippen LogP contribution in [0.15, 0.2) is 53.5 Å². The number of carbonyl (C=O) groups excluding carboxylic acids is 3. The first-order chi connectivity index (χ1) is 18.0. The van der Waals surface area contributed by atoms with Crippen LogP contribution in [-0.4, -0.2) is 47.4 Å². The van der Waals surface area contributed by atoms with Gasteiger partial charge in [-0.2, -0.15) is 0 Å². The molecule has 2 rings (SSSR count). The second-order valence-corrected chi connectivity index (χ2v) is 9.91. The SMILES string of the molecule is CC(C)Cc1ccc(C(C)C(=O)N[C@@H](Cc2ccc(O)cc2)C(=O)N[C@H](CCCN=C(N)N)C(N)=O)cc1. The Hall–Kier alpha value is -4.08. The lowest BCUT2D eigenvalue weighted by Gasteiger charge is -2.24. The fraction of sp³-hybridized carbons (Fsp3) is 0.429. The average Bonchev–Trinajstić information content (AvgIpc) is 2.85. The van der Waals surface area contributed by atoms with E-state index in [1.54, 1.807) is 19.1 Å². The predicted octanol–water partition coefficient (Wildman–Crippen LogP) is 1.45. The Balaban J connectivity index is 2.16. The van der Waals surface area contributed by atoms with Gasteiger partial charge >= 0.3 is 0 Å². The van der Waals surface area contributed by atoms with E-state index in [1.165, 1.54) is 17.7 Å². The predicted molar refractivity (Wildman–Crippen MR) is 148 cm³/mol. The van der Waals surface area contributed by atoms with Crippen molar-refractivity contribution in [3.63, 3.8) is 0 Å². The molecule has 2 aromatic carbocycles. The van der Waals surface area contributed by atoms with Gasteiger partial charge in [-0.1, -0.05) is 50.2 Å². The zero-order valence-corrected chi connectivity index (χ0v) is 22.3. The molecule has 2 aromatic rings. The molecule has 10 nitrogen and oxygen atoms in total. The number of primary amides is 1. The molecule has 3 amide bonds. The largest absolute Gasteiger partial charge is 0.508 e. The number of amides is 3. The Morgan fingerprint density at radius 1 is 0.816 bits per heavy atom. The molecule has 38 heavy (non-hydrogen) atoms.